The van der Waals surface area contributed by atoms with Crippen LogP contribution in [0, 0.1) is 6.92 Å². The third kappa shape index (κ3) is 2.14. The topological polar surface area (TPSA) is 94.6 Å². The zero-order valence-electron chi connectivity index (χ0n) is 10.3. The van der Waals surface area contributed by atoms with Crippen molar-refractivity contribution in [1.29, 1.82) is 0 Å². The van der Waals surface area contributed by atoms with Crippen molar-refractivity contribution in [1.82, 2.24) is 0 Å². The summed E-state index contributed by atoms with van der Waals surface area (Å²) in [7, 11) is -6.14. The Bertz CT molecular complexity index is 759. The lowest BCUT2D eigenvalue weighted by atomic mass is 10.1. The van der Waals surface area contributed by atoms with Gasteiger partial charge in [0.15, 0.2) is 19.7 Å². The number of hydrogen-bond donors (Lipinski definition) is 0. The summed E-state index contributed by atoms with van der Waals surface area (Å²) < 4.78 is 52.4. The van der Waals surface area contributed by atoms with Crippen LogP contribution in [0.15, 0.2) is 21.9 Å². The van der Waals surface area contributed by atoms with Gasteiger partial charge in [-0.3, -0.25) is 0 Å². The molecule has 2 rings (SSSR count). The number of ether oxygens (including phenoxy) is 1. The fourth-order valence-corrected chi connectivity index (χ4v) is 6.66. The van der Waals surface area contributed by atoms with Gasteiger partial charge in [-0.05, 0) is 24.6 Å². The molecule has 1 aromatic carbocycles. The lowest BCUT2D eigenvalue weighted by Gasteiger charge is -2.20. The van der Waals surface area contributed by atoms with E-state index in [2.05, 4.69) is 4.74 Å². The van der Waals surface area contributed by atoms with Gasteiger partial charge in [-0.1, -0.05) is 0 Å². The van der Waals surface area contributed by atoms with Gasteiger partial charge in [0.25, 0.3) is 0 Å². The molecule has 0 fully saturated rings. The Hall–Kier alpha value is -1.41. The lowest BCUT2D eigenvalue weighted by Crippen LogP contribution is -2.27. The van der Waals surface area contributed by atoms with Crippen molar-refractivity contribution < 1.29 is 26.4 Å². The number of benzene rings is 1. The normalized spacial score (nSPS) is 19.5. The summed E-state index contributed by atoms with van der Waals surface area (Å²) in [6, 6.07) is 2.43. The van der Waals surface area contributed by atoms with Crippen molar-refractivity contribution in [3.63, 3.8) is 0 Å². The van der Waals surface area contributed by atoms with Gasteiger partial charge >= 0.3 is 5.97 Å². The van der Waals surface area contributed by atoms with E-state index in [1.165, 1.54) is 20.1 Å². The SMILES string of the molecule is COC(=O)c1ccc2c(c1C)S(=O)(=O)CCS2(=O)=O. The van der Waals surface area contributed by atoms with E-state index in [9.17, 15) is 21.6 Å². The quantitative estimate of drug-likeness (QED) is 0.694. The molecule has 0 aliphatic carbocycles. The molecule has 0 spiro atoms. The molecule has 6 nitrogen and oxygen atoms in total. The minimum Gasteiger partial charge on any atom is -0.465 e. The van der Waals surface area contributed by atoms with Gasteiger partial charge in [-0.2, -0.15) is 0 Å². The van der Waals surface area contributed by atoms with Crippen LogP contribution >= 0.6 is 0 Å². The number of sulfone groups is 2. The Labute approximate surface area is 111 Å². The molecule has 0 aromatic heterocycles. The van der Waals surface area contributed by atoms with Gasteiger partial charge in [0.05, 0.1) is 34.0 Å². The summed E-state index contributed by atoms with van der Waals surface area (Å²) in [5, 5.41) is 0. The number of hydrogen-bond acceptors (Lipinski definition) is 6. The summed E-state index contributed by atoms with van der Waals surface area (Å²) in [6.45, 7) is 1.41. The van der Waals surface area contributed by atoms with E-state index >= 15 is 0 Å². The fourth-order valence-electron chi connectivity index (χ4n) is 2.06. The van der Waals surface area contributed by atoms with Gasteiger partial charge in [0.1, 0.15) is 0 Å². The average Bonchev–Trinajstić information content (AvgIpc) is 2.34. The maximum Gasteiger partial charge on any atom is 0.338 e. The van der Waals surface area contributed by atoms with Crippen molar-refractivity contribution in [3.05, 3.63) is 23.3 Å². The van der Waals surface area contributed by atoms with E-state index in [4.69, 9.17) is 0 Å². The third-order valence-electron chi connectivity index (χ3n) is 3.04. The smallest absolute Gasteiger partial charge is 0.338 e. The lowest BCUT2D eigenvalue weighted by molar-refractivity contribution is 0.0599. The van der Waals surface area contributed by atoms with Crippen molar-refractivity contribution in [2.45, 2.75) is 16.7 Å². The van der Waals surface area contributed by atoms with Crippen molar-refractivity contribution in [2.24, 2.45) is 0 Å². The third-order valence-corrected chi connectivity index (χ3v) is 7.07. The van der Waals surface area contributed by atoms with Crippen LogP contribution in [0.5, 0.6) is 0 Å². The van der Waals surface area contributed by atoms with E-state index < -0.39 is 37.1 Å². The summed E-state index contributed by atoms with van der Waals surface area (Å²) in [5.41, 5.74) is 0.176. The monoisotopic (exact) mass is 304 g/mol. The molecule has 0 saturated heterocycles. The number of esters is 1. The maximum absolute atomic E-state index is 12.0. The number of carbonyl (C=O) groups is 1. The summed E-state index contributed by atoms with van der Waals surface area (Å²) in [5.74, 6) is -1.59. The second-order valence-corrected chi connectivity index (χ2v) is 8.32. The zero-order valence-corrected chi connectivity index (χ0v) is 12.0. The van der Waals surface area contributed by atoms with Crippen LogP contribution in [-0.2, 0) is 24.4 Å². The van der Waals surface area contributed by atoms with E-state index in [0.717, 1.165) is 6.07 Å². The van der Waals surface area contributed by atoms with Crippen LogP contribution in [-0.4, -0.2) is 41.4 Å². The van der Waals surface area contributed by atoms with Crippen LogP contribution < -0.4 is 0 Å². The van der Waals surface area contributed by atoms with E-state index in [1.54, 1.807) is 0 Å². The number of methoxy groups -OCH3 is 1. The highest BCUT2D eigenvalue weighted by molar-refractivity contribution is 7.98. The van der Waals surface area contributed by atoms with Crippen molar-refractivity contribution >= 4 is 25.6 Å². The predicted molar refractivity (Wildman–Crippen MR) is 66.6 cm³/mol. The molecule has 8 heteroatoms. The molecule has 1 aliphatic heterocycles. The highest BCUT2D eigenvalue weighted by atomic mass is 32.2. The molecule has 0 unspecified atom stereocenters. The van der Waals surface area contributed by atoms with Gasteiger partial charge in [-0.25, -0.2) is 21.6 Å². The highest BCUT2D eigenvalue weighted by Crippen LogP contribution is 2.33. The molecule has 1 aliphatic rings. The molecule has 0 saturated carbocycles. The first kappa shape index (κ1) is 14.0. The zero-order chi connectivity index (χ0) is 14.4. The molecule has 1 heterocycles. The van der Waals surface area contributed by atoms with Crippen LogP contribution in [0.4, 0.5) is 0 Å². The largest absolute Gasteiger partial charge is 0.465 e. The molecular formula is C11H12O6S2. The van der Waals surface area contributed by atoms with Crippen LogP contribution in [0.2, 0.25) is 0 Å². The Morgan fingerprint density at radius 1 is 1.11 bits per heavy atom. The molecule has 104 valence electrons. The fraction of sp³-hybridized carbons (Fsp3) is 0.364. The summed E-state index contributed by atoms with van der Waals surface area (Å²) in [4.78, 5) is 11.0. The van der Waals surface area contributed by atoms with Crippen molar-refractivity contribution in [3.8, 4) is 0 Å². The van der Waals surface area contributed by atoms with Gasteiger partial charge < -0.3 is 4.74 Å². The molecule has 19 heavy (non-hydrogen) atoms. The van der Waals surface area contributed by atoms with Gasteiger partial charge in [-0.15, -0.1) is 0 Å². The molecule has 0 atom stereocenters. The Kier molecular flexibility index (Phi) is 3.18. The number of rotatable bonds is 1. The van der Waals surface area contributed by atoms with E-state index in [0.29, 0.717) is 0 Å². The van der Waals surface area contributed by atoms with Gasteiger partial charge in [0.2, 0.25) is 0 Å². The number of fused-ring (bicyclic) bond motifs is 1. The minimum atomic E-state index is -3.69. The first-order valence-electron chi connectivity index (χ1n) is 5.38. The van der Waals surface area contributed by atoms with Crippen LogP contribution in [0.1, 0.15) is 15.9 Å². The molecule has 1 aromatic rings. The second kappa shape index (κ2) is 4.31. The maximum atomic E-state index is 12.0. The van der Waals surface area contributed by atoms with Crippen molar-refractivity contribution in [2.75, 3.05) is 18.6 Å². The molecule has 0 radical (unpaired) electrons. The minimum absolute atomic E-state index is 0.0573. The highest BCUT2D eigenvalue weighted by Gasteiger charge is 2.36. The standard InChI is InChI=1S/C11H12O6S2/c1-7-8(11(12)17-2)3-4-9-10(7)19(15,16)6-5-18(9,13)14/h3-4H,5-6H2,1-2H3. The Balaban J connectivity index is 2.87. The van der Waals surface area contributed by atoms with Gasteiger partial charge in [0, 0.05) is 0 Å². The predicted octanol–water partition coefficient (Wildman–Crippen LogP) is 0.343. The Morgan fingerprint density at radius 2 is 1.68 bits per heavy atom. The van der Waals surface area contributed by atoms with E-state index in [1.807, 2.05) is 0 Å². The summed E-state index contributed by atoms with van der Waals surface area (Å²) in [6.07, 6.45) is 0. The molecule has 0 N–H and O–H groups in total. The van der Waals surface area contributed by atoms with Crippen LogP contribution in [0.25, 0.3) is 0 Å². The first-order valence-corrected chi connectivity index (χ1v) is 8.68. The summed E-state index contributed by atoms with van der Waals surface area (Å²) >= 11 is 0. The molecule has 0 bridgehead atoms. The Morgan fingerprint density at radius 3 is 2.26 bits per heavy atom. The van der Waals surface area contributed by atoms with E-state index in [-0.39, 0.29) is 20.9 Å². The first-order chi connectivity index (χ1) is 8.70. The molecular weight excluding hydrogens is 292 g/mol. The van der Waals surface area contributed by atoms with Crippen LogP contribution in [0.3, 0.4) is 0 Å². The number of carbonyl (C=O) groups excluding carboxylic acids is 1. The average molecular weight is 304 g/mol. The second-order valence-electron chi connectivity index (χ2n) is 4.19. The molecule has 0 amide bonds.